The Hall–Kier alpha value is -0.470. The summed E-state index contributed by atoms with van der Waals surface area (Å²) in [7, 11) is -3.33. The zero-order chi connectivity index (χ0) is 13.4. The Morgan fingerprint density at radius 2 is 2.28 bits per heavy atom. The van der Waals surface area contributed by atoms with Crippen LogP contribution in [0.3, 0.4) is 0 Å². The molecule has 2 heterocycles. The average Bonchev–Trinajstić information content (AvgIpc) is 2.82. The maximum absolute atomic E-state index is 11.7. The molecular weight excluding hydrogens is 290 g/mol. The summed E-state index contributed by atoms with van der Waals surface area (Å²) in [6, 6.07) is 0. The minimum Gasteiger partial charge on any atom is -0.382 e. The van der Waals surface area contributed by atoms with E-state index in [1.165, 1.54) is 12.2 Å². The van der Waals surface area contributed by atoms with E-state index in [1.54, 1.807) is 0 Å². The lowest BCUT2D eigenvalue weighted by molar-refractivity contribution is 0.602. The number of nitrogens with zero attached hydrogens (tertiary/aromatic N) is 1. The van der Waals surface area contributed by atoms with E-state index < -0.39 is 9.84 Å². The molecule has 0 bridgehead atoms. The molecule has 2 rings (SSSR count). The van der Waals surface area contributed by atoms with Gasteiger partial charge in [0.05, 0.1) is 0 Å². The van der Waals surface area contributed by atoms with Crippen LogP contribution in [0.4, 0.5) is 10.8 Å². The molecule has 1 unspecified atom stereocenters. The topological polar surface area (TPSA) is 85.1 Å². The third-order valence-electron chi connectivity index (χ3n) is 2.97. The molecule has 18 heavy (non-hydrogen) atoms. The number of hydrogen-bond donors (Lipinski definition) is 2. The van der Waals surface area contributed by atoms with E-state index in [0.717, 1.165) is 30.8 Å². The first-order chi connectivity index (χ1) is 8.32. The third kappa shape index (κ3) is 2.92. The summed E-state index contributed by atoms with van der Waals surface area (Å²) in [5.41, 5.74) is 5.62. The highest BCUT2D eigenvalue weighted by Gasteiger charge is 2.30. The van der Waals surface area contributed by atoms with E-state index in [0.29, 0.717) is 5.00 Å². The number of anilines is 2. The van der Waals surface area contributed by atoms with Crippen LogP contribution in [0.5, 0.6) is 0 Å². The van der Waals surface area contributed by atoms with Crippen LogP contribution in [-0.4, -0.2) is 36.1 Å². The van der Waals surface area contributed by atoms with Gasteiger partial charge in [-0.2, -0.15) is 16.1 Å². The van der Waals surface area contributed by atoms with E-state index >= 15 is 0 Å². The zero-order valence-corrected chi connectivity index (χ0v) is 12.8. The Balaban J connectivity index is 2.15. The smallest absolute Gasteiger partial charge is 0.182 e. The summed E-state index contributed by atoms with van der Waals surface area (Å²) in [6.45, 7) is 2.93. The van der Waals surface area contributed by atoms with Gasteiger partial charge in [0.1, 0.15) is 9.90 Å². The SMILES string of the molecule is CC1(CNc2snc(N)c2S(C)(=O)=O)CCCS1. The number of nitrogens with one attached hydrogen (secondary N) is 1. The number of rotatable bonds is 4. The minimum absolute atomic E-state index is 0.0919. The van der Waals surface area contributed by atoms with Crippen LogP contribution in [0.25, 0.3) is 0 Å². The fraction of sp³-hybridized carbons (Fsp3) is 0.700. The molecule has 8 heteroatoms. The van der Waals surface area contributed by atoms with Gasteiger partial charge in [-0.1, -0.05) is 0 Å². The van der Waals surface area contributed by atoms with Crippen molar-refractivity contribution in [1.82, 2.24) is 4.37 Å². The molecule has 1 aliphatic heterocycles. The molecule has 0 amide bonds. The molecule has 1 aliphatic rings. The van der Waals surface area contributed by atoms with Crippen molar-refractivity contribution in [2.75, 3.05) is 29.6 Å². The second-order valence-corrected chi connectivity index (χ2v) is 9.16. The first-order valence-electron chi connectivity index (χ1n) is 5.65. The van der Waals surface area contributed by atoms with Crippen LogP contribution < -0.4 is 11.1 Å². The fourth-order valence-electron chi connectivity index (χ4n) is 2.01. The van der Waals surface area contributed by atoms with E-state index in [9.17, 15) is 8.42 Å². The largest absolute Gasteiger partial charge is 0.382 e. The van der Waals surface area contributed by atoms with E-state index in [2.05, 4.69) is 16.6 Å². The lowest BCUT2D eigenvalue weighted by Gasteiger charge is -2.23. The Morgan fingerprint density at radius 3 is 2.83 bits per heavy atom. The van der Waals surface area contributed by atoms with Gasteiger partial charge in [-0.25, -0.2) is 8.42 Å². The molecule has 0 radical (unpaired) electrons. The first-order valence-corrected chi connectivity index (χ1v) is 9.30. The maximum atomic E-state index is 11.7. The second kappa shape index (κ2) is 4.90. The number of thioether (sulfide) groups is 1. The van der Waals surface area contributed by atoms with Crippen LogP contribution >= 0.6 is 23.3 Å². The van der Waals surface area contributed by atoms with Gasteiger partial charge < -0.3 is 11.1 Å². The van der Waals surface area contributed by atoms with Gasteiger partial charge in [-0.3, -0.25) is 0 Å². The van der Waals surface area contributed by atoms with Crippen molar-refractivity contribution in [3.8, 4) is 0 Å². The monoisotopic (exact) mass is 307 g/mol. The number of sulfone groups is 1. The highest BCUT2D eigenvalue weighted by Crippen LogP contribution is 2.39. The van der Waals surface area contributed by atoms with Crippen LogP contribution in [0.2, 0.25) is 0 Å². The lowest BCUT2D eigenvalue weighted by atomic mass is 10.1. The van der Waals surface area contributed by atoms with E-state index in [-0.39, 0.29) is 15.5 Å². The summed E-state index contributed by atoms with van der Waals surface area (Å²) in [5, 5.41) is 3.76. The van der Waals surface area contributed by atoms with Gasteiger partial charge in [0, 0.05) is 17.5 Å². The average molecular weight is 307 g/mol. The van der Waals surface area contributed by atoms with Crippen molar-refractivity contribution in [3.05, 3.63) is 0 Å². The predicted octanol–water partition coefficient (Wildman–Crippen LogP) is 1.83. The highest BCUT2D eigenvalue weighted by molar-refractivity contribution is 8.00. The second-order valence-electron chi connectivity index (χ2n) is 4.75. The summed E-state index contributed by atoms with van der Waals surface area (Å²) in [4.78, 5) is 0.138. The summed E-state index contributed by atoms with van der Waals surface area (Å²) >= 11 is 3.04. The molecule has 1 saturated heterocycles. The molecule has 0 saturated carbocycles. The quantitative estimate of drug-likeness (QED) is 0.882. The Kier molecular flexibility index (Phi) is 3.80. The van der Waals surface area contributed by atoms with Crippen molar-refractivity contribution < 1.29 is 8.42 Å². The Morgan fingerprint density at radius 1 is 1.56 bits per heavy atom. The summed E-state index contributed by atoms with van der Waals surface area (Å²) in [5.74, 6) is 1.26. The van der Waals surface area contributed by atoms with Crippen LogP contribution in [-0.2, 0) is 9.84 Å². The molecular formula is C10H17N3O2S3. The molecule has 0 spiro atoms. The highest BCUT2D eigenvalue weighted by atomic mass is 32.2. The number of nitrogen functional groups attached to an aromatic ring is 1. The normalized spacial score (nSPS) is 24.3. The number of nitrogens with two attached hydrogens (primary N) is 1. The molecule has 1 fully saturated rings. The first kappa shape index (κ1) is 14.0. The van der Waals surface area contributed by atoms with E-state index in [4.69, 9.17) is 5.73 Å². The van der Waals surface area contributed by atoms with Crippen molar-refractivity contribution in [3.63, 3.8) is 0 Å². The van der Waals surface area contributed by atoms with Crippen molar-refractivity contribution >= 4 is 44.0 Å². The van der Waals surface area contributed by atoms with Gasteiger partial charge in [0.2, 0.25) is 0 Å². The molecule has 0 aliphatic carbocycles. The van der Waals surface area contributed by atoms with Crippen LogP contribution in [0.15, 0.2) is 4.90 Å². The summed E-state index contributed by atoms with van der Waals surface area (Å²) < 4.78 is 27.4. The molecule has 5 nitrogen and oxygen atoms in total. The van der Waals surface area contributed by atoms with E-state index in [1.807, 2.05) is 11.8 Å². The zero-order valence-electron chi connectivity index (χ0n) is 10.4. The summed E-state index contributed by atoms with van der Waals surface area (Å²) in [6.07, 6.45) is 3.52. The third-order valence-corrected chi connectivity index (χ3v) is 6.61. The van der Waals surface area contributed by atoms with Gasteiger partial charge in [-0.15, -0.1) is 0 Å². The standard InChI is InChI=1S/C10H17N3O2S3/c1-10(4-3-5-16-10)6-12-9-7(18(2,14)15)8(11)13-17-9/h12H,3-6H2,1-2H3,(H2,11,13). The van der Waals surface area contributed by atoms with Gasteiger partial charge in [-0.05, 0) is 37.1 Å². The van der Waals surface area contributed by atoms with Gasteiger partial charge in [0.15, 0.2) is 15.7 Å². The number of hydrogen-bond acceptors (Lipinski definition) is 7. The van der Waals surface area contributed by atoms with Gasteiger partial charge >= 0.3 is 0 Å². The van der Waals surface area contributed by atoms with Crippen LogP contribution in [0, 0.1) is 0 Å². The van der Waals surface area contributed by atoms with Gasteiger partial charge in [0.25, 0.3) is 0 Å². The fourth-order valence-corrected chi connectivity index (χ4v) is 5.32. The molecule has 102 valence electrons. The molecule has 1 aromatic heterocycles. The Labute approximate surface area is 116 Å². The molecule has 1 atom stereocenters. The lowest BCUT2D eigenvalue weighted by Crippen LogP contribution is -2.27. The molecule has 3 N–H and O–H groups in total. The van der Waals surface area contributed by atoms with Crippen LogP contribution in [0.1, 0.15) is 19.8 Å². The van der Waals surface area contributed by atoms with Crippen molar-refractivity contribution in [1.29, 1.82) is 0 Å². The molecule has 1 aromatic rings. The molecule has 0 aromatic carbocycles. The Bertz CT molecular complexity index is 533. The van der Waals surface area contributed by atoms with Crippen molar-refractivity contribution in [2.24, 2.45) is 0 Å². The maximum Gasteiger partial charge on any atom is 0.182 e. The van der Waals surface area contributed by atoms with Crippen molar-refractivity contribution in [2.45, 2.75) is 29.4 Å². The number of aromatic nitrogens is 1. The predicted molar refractivity (Wildman–Crippen MR) is 78.2 cm³/mol. The minimum atomic E-state index is -3.33.